The van der Waals surface area contributed by atoms with Gasteiger partial charge in [-0.2, -0.15) is 0 Å². The summed E-state index contributed by atoms with van der Waals surface area (Å²) in [5, 5.41) is 17.8. The number of carbonyl (C=O) groups is 2. The van der Waals surface area contributed by atoms with Gasteiger partial charge in [0.05, 0.1) is 0 Å². The fourth-order valence-electron chi connectivity index (χ4n) is 1.35. The van der Waals surface area contributed by atoms with Gasteiger partial charge in [-0.25, -0.2) is 4.39 Å². The smallest absolute Gasteiger partial charge is 0.320 e. The first kappa shape index (κ1) is 13.2. The SMILES string of the molecule is CC(CCc1ccc(F)cc1)(C(=O)O)C(=O)O. The molecular formula is C12H13FO4. The fourth-order valence-corrected chi connectivity index (χ4v) is 1.35. The molecule has 4 nitrogen and oxygen atoms in total. The van der Waals surface area contributed by atoms with Gasteiger partial charge >= 0.3 is 11.9 Å². The van der Waals surface area contributed by atoms with E-state index < -0.39 is 17.4 Å². The summed E-state index contributed by atoms with van der Waals surface area (Å²) in [6, 6.07) is 5.54. The van der Waals surface area contributed by atoms with Crippen molar-refractivity contribution < 1.29 is 24.2 Å². The van der Waals surface area contributed by atoms with E-state index in [1.807, 2.05) is 0 Å². The molecule has 0 bridgehead atoms. The Kier molecular flexibility index (Phi) is 3.83. The average Bonchev–Trinajstić information content (AvgIpc) is 2.27. The van der Waals surface area contributed by atoms with Crippen LogP contribution in [-0.2, 0) is 16.0 Å². The van der Waals surface area contributed by atoms with Gasteiger partial charge in [0.1, 0.15) is 5.82 Å². The Morgan fingerprint density at radius 1 is 1.18 bits per heavy atom. The lowest BCUT2D eigenvalue weighted by Gasteiger charge is -2.19. The zero-order valence-corrected chi connectivity index (χ0v) is 9.31. The van der Waals surface area contributed by atoms with Crippen molar-refractivity contribution in [3.05, 3.63) is 35.6 Å². The van der Waals surface area contributed by atoms with E-state index in [0.717, 1.165) is 0 Å². The fraction of sp³-hybridized carbons (Fsp3) is 0.333. The molecule has 0 saturated heterocycles. The number of hydrogen-bond donors (Lipinski definition) is 2. The third-order valence-corrected chi connectivity index (χ3v) is 2.77. The van der Waals surface area contributed by atoms with Crippen LogP contribution in [0.3, 0.4) is 0 Å². The van der Waals surface area contributed by atoms with E-state index in [4.69, 9.17) is 10.2 Å². The number of benzene rings is 1. The standard InChI is InChI=1S/C12H13FO4/c1-12(10(14)15,11(16)17)7-6-8-2-4-9(13)5-3-8/h2-5H,6-7H2,1H3,(H,14,15)(H,16,17). The van der Waals surface area contributed by atoms with Gasteiger partial charge in [0, 0.05) is 0 Å². The quantitative estimate of drug-likeness (QED) is 0.771. The number of halogens is 1. The van der Waals surface area contributed by atoms with E-state index >= 15 is 0 Å². The molecule has 0 aromatic heterocycles. The van der Waals surface area contributed by atoms with E-state index in [-0.39, 0.29) is 18.7 Å². The van der Waals surface area contributed by atoms with Crippen molar-refractivity contribution >= 4 is 11.9 Å². The molecule has 0 amide bonds. The van der Waals surface area contributed by atoms with Crippen molar-refractivity contribution in [1.29, 1.82) is 0 Å². The van der Waals surface area contributed by atoms with Gasteiger partial charge in [-0.05, 0) is 37.5 Å². The second-order valence-electron chi connectivity index (χ2n) is 4.07. The molecule has 0 aliphatic carbocycles. The Morgan fingerprint density at radius 3 is 2.06 bits per heavy atom. The Balaban J connectivity index is 2.74. The molecule has 17 heavy (non-hydrogen) atoms. The minimum absolute atomic E-state index is 0.0384. The molecule has 1 aromatic rings. The molecule has 0 aliphatic heterocycles. The zero-order valence-electron chi connectivity index (χ0n) is 9.31. The van der Waals surface area contributed by atoms with Crippen molar-refractivity contribution in [1.82, 2.24) is 0 Å². The molecule has 5 heteroatoms. The molecule has 0 atom stereocenters. The molecular weight excluding hydrogens is 227 g/mol. The highest BCUT2D eigenvalue weighted by Crippen LogP contribution is 2.24. The van der Waals surface area contributed by atoms with Crippen LogP contribution in [0.5, 0.6) is 0 Å². The first-order chi connectivity index (χ1) is 7.86. The maximum atomic E-state index is 12.6. The van der Waals surface area contributed by atoms with Gasteiger partial charge in [0.2, 0.25) is 0 Å². The van der Waals surface area contributed by atoms with Gasteiger partial charge in [0.25, 0.3) is 0 Å². The van der Waals surface area contributed by atoms with Crippen molar-refractivity contribution in [2.45, 2.75) is 19.8 Å². The van der Waals surface area contributed by atoms with Crippen LogP contribution >= 0.6 is 0 Å². The number of aryl methyl sites for hydroxylation is 1. The largest absolute Gasteiger partial charge is 0.480 e. The highest BCUT2D eigenvalue weighted by molar-refractivity contribution is 5.97. The number of rotatable bonds is 5. The summed E-state index contributed by atoms with van der Waals surface area (Å²) in [5.74, 6) is -3.12. The molecule has 92 valence electrons. The molecule has 0 saturated carbocycles. The van der Waals surface area contributed by atoms with Crippen LogP contribution in [0.2, 0.25) is 0 Å². The van der Waals surface area contributed by atoms with Crippen LogP contribution in [0.1, 0.15) is 18.9 Å². The molecule has 0 heterocycles. The summed E-state index contributed by atoms with van der Waals surface area (Å²) in [7, 11) is 0. The number of hydrogen-bond acceptors (Lipinski definition) is 2. The van der Waals surface area contributed by atoms with Crippen LogP contribution in [0, 0.1) is 11.2 Å². The number of carboxylic acid groups (broad SMARTS) is 2. The van der Waals surface area contributed by atoms with Crippen molar-refractivity contribution in [3.63, 3.8) is 0 Å². The monoisotopic (exact) mass is 240 g/mol. The average molecular weight is 240 g/mol. The van der Waals surface area contributed by atoms with Crippen LogP contribution in [-0.4, -0.2) is 22.2 Å². The summed E-state index contributed by atoms with van der Waals surface area (Å²) < 4.78 is 12.6. The minimum atomic E-state index is -1.81. The lowest BCUT2D eigenvalue weighted by molar-refractivity contribution is -0.163. The normalized spacial score (nSPS) is 11.2. The highest BCUT2D eigenvalue weighted by Gasteiger charge is 2.40. The van der Waals surface area contributed by atoms with Gasteiger partial charge in [-0.15, -0.1) is 0 Å². The third-order valence-electron chi connectivity index (χ3n) is 2.77. The van der Waals surface area contributed by atoms with Crippen molar-refractivity contribution in [2.24, 2.45) is 5.41 Å². The number of aliphatic carboxylic acids is 2. The van der Waals surface area contributed by atoms with Crippen LogP contribution < -0.4 is 0 Å². The lowest BCUT2D eigenvalue weighted by Crippen LogP contribution is -2.36. The molecule has 2 N–H and O–H groups in total. The van der Waals surface area contributed by atoms with E-state index in [0.29, 0.717) is 5.56 Å². The summed E-state index contributed by atoms with van der Waals surface area (Å²) in [4.78, 5) is 21.8. The van der Waals surface area contributed by atoms with Crippen molar-refractivity contribution in [3.8, 4) is 0 Å². The van der Waals surface area contributed by atoms with Crippen LogP contribution in [0.4, 0.5) is 4.39 Å². The van der Waals surface area contributed by atoms with Gasteiger partial charge in [-0.3, -0.25) is 9.59 Å². The molecule has 0 aliphatic rings. The molecule has 0 unspecified atom stereocenters. The second-order valence-corrected chi connectivity index (χ2v) is 4.07. The minimum Gasteiger partial charge on any atom is -0.480 e. The van der Waals surface area contributed by atoms with E-state index in [1.165, 1.54) is 31.2 Å². The van der Waals surface area contributed by atoms with Crippen molar-refractivity contribution in [2.75, 3.05) is 0 Å². The first-order valence-corrected chi connectivity index (χ1v) is 5.07. The molecule has 0 fully saturated rings. The number of carboxylic acids is 2. The summed E-state index contributed by atoms with van der Waals surface area (Å²) >= 11 is 0. The van der Waals surface area contributed by atoms with E-state index in [9.17, 15) is 14.0 Å². The van der Waals surface area contributed by atoms with Crippen LogP contribution in [0.25, 0.3) is 0 Å². The molecule has 0 radical (unpaired) electrons. The predicted octanol–water partition coefficient (Wildman–Crippen LogP) is 1.93. The molecule has 0 spiro atoms. The molecule has 1 rings (SSSR count). The second kappa shape index (κ2) is 4.95. The summed E-state index contributed by atoms with van der Waals surface area (Å²) in [5.41, 5.74) is -1.10. The highest BCUT2D eigenvalue weighted by atomic mass is 19.1. The van der Waals surface area contributed by atoms with Gasteiger partial charge < -0.3 is 10.2 Å². The predicted molar refractivity (Wildman–Crippen MR) is 58.1 cm³/mol. The Bertz CT molecular complexity index is 411. The first-order valence-electron chi connectivity index (χ1n) is 5.07. The topological polar surface area (TPSA) is 74.6 Å². The maximum absolute atomic E-state index is 12.6. The summed E-state index contributed by atoms with van der Waals surface area (Å²) in [6.07, 6.45) is 0.235. The Labute approximate surface area is 97.7 Å². The third kappa shape index (κ3) is 3.03. The van der Waals surface area contributed by atoms with Gasteiger partial charge in [0.15, 0.2) is 5.41 Å². The Morgan fingerprint density at radius 2 is 1.65 bits per heavy atom. The zero-order chi connectivity index (χ0) is 13.1. The van der Waals surface area contributed by atoms with E-state index in [2.05, 4.69) is 0 Å². The van der Waals surface area contributed by atoms with E-state index in [1.54, 1.807) is 0 Å². The molecule has 1 aromatic carbocycles. The lowest BCUT2D eigenvalue weighted by atomic mass is 9.84. The van der Waals surface area contributed by atoms with Crippen LogP contribution in [0.15, 0.2) is 24.3 Å². The maximum Gasteiger partial charge on any atom is 0.320 e. The van der Waals surface area contributed by atoms with Gasteiger partial charge in [-0.1, -0.05) is 12.1 Å². The summed E-state index contributed by atoms with van der Waals surface area (Å²) in [6.45, 7) is 1.17. The Hall–Kier alpha value is -1.91.